The number of nitrogens with zero attached hydrogens (tertiary/aromatic N) is 1. The second-order valence-electron chi connectivity index (χ2n) is 4.64. The van der Waals surface area contributed by atoms with Crippen LogP contribution in [-0.4, -0.2) is 28.0 Å². The number of halogens is 3. The lowest BCUT2D eigenvalue weighted by molar-refractivity contribution is -0.138. The summed E-state index contributed by atoms with van der Waals surface area (Å²) < 4.78 is 44.0. The van der Waals surface area contributed by atoms with Crippen LogP contribution in [-0.2, 0) is 19.6 Å². The molecule has 2 rings (SSSR count). The lowest BCUT2D eigenvalue weighted by Crippen LogP contribution is -2.36. The highest BCUT2D eigenvalue weighted by Crippen LogP contribution is 2.30. The van der Waals surface area contributed by atoms with Gasteiger partial charge in [-0.3, -0.25) is 9.10 Å². The topological polar surface area (TPSA) is 63.7 Å². The van der Waals surface area contributed by atoms with E-state index in [9.17, 15) is 17.6 Å². The summed E-state index contributed by atoms with van der Waals surface area (Å²) in [6.45, 7) is -0.575. The first-order valence-corrected chi connectivity index (χ1v) is 8.75. The van der Waals surface area contributed by atoms with Crippen LogP contribution in [0.15, 0.2) is 47.4 Å². The van der Waals surface area contributed by atoms with Crippen molar-refractivity contribution in [2.45, 2.75) is 4.90 Å². The second kappa shape index (κ2) is 7.38. The fourth-order valence-electron chi connectivity index (χ4n) is 1.87. The molecule has 0 N–H and O–H groups in total. The van der Waals surface area contributed by atoms with Crippen LogP contribution in [0.5, 0.6) is 0 Å². The average molecular weight is 392 g/mol. The van der Waals surface area contributed by atoms with Gasteiger partial charge in [-0.05, 0) is 42.5 Å². The monoisotopic (exact) mass is 391 g/mol. The molecule has 0 bridgehead atoms. The molecule has 2 aromatic carbocycles. The van der Waals surface area contributed by atoms with Gasteiger partial charge >= 0.3 is 5.97 Å². The van der Waals surface area contributed by atoms with Gasteiger partial charge in [0, 0.05) is 0 Å². The van der Waals surface area contributed by atoms with Crippen molar-refractivity contribution in [3.63, 3.8) is 0 Å². The van der Waals surface area contributed by atoms with Crippen LogP contribution < -0.4 is 4.31 Å². The number of carbonyl (C=O) groups excluding carboxylic acids is 1. The zero-order valence-corrected chi connectivity index (χ0v) is 14.7. The van der Waals surface area contributed by atoms with Gasteiger partial charge in [0.1, 0.15) is 12.4 Å². The molecule has 5 nitrogen and oxygen atoms in total. The maximum absolute atomic E-state index is 13.0. The Labute approximate surface area is 148 Å². The summed E-state index contributed by atoms with van der Waals surface area (Å²) >= 11 is 11.8. The molecule has 0 heterocycles. The Morgan fingerprint density at radius 1 is 1.12 bits per heavy atom. The number of methoxy groups -OCH3 is 1. The molecule has 0 aliphatic heterocycles. The largest absolute Gasteiger partial charge is 0.468 e. The lowest BCUT2D eigenvalue weighted by Gasteiger charge is -2.23. The minimum Gasteiger partial charge on any atom is -0.468 e. The van der Waals surface area contributed by atoms with Gasteiger partial charge < -0.3 is 4.74 Å². The Kier molecular flexibility index (Phi) is 5.69. The van der Waals surface area contributed by atoms with Crippen molar-refractivity contribution >= 4 is 44.9 Å². The molecular formula is C15H12Cl2FNO4S. The van der Waals surface area contributed by atoms with Gasteiger partial charge in [-0.25, -0.2) is 12.8 Å². The molecular weight excluding hydrogens is 380 g/mol. The number of hydrogen-bond donors (Lipinski definition) is 0. The standard InChI is InChI=1S/C15H12Cl2FNO4S/c1-23-15(20)9-19(11-4-7-13(16)14(17)8-11)24(21,22)12-5-2-10(18)3-6-12/h2-8H,9H2,1H3. The van der Waals surface area contributed by atoms with E-state index in [1.54, 1.807) is 0 Å². The van der Waals surface area contributed by atoms with E-state index in [4.69, 9.17) is 23.2 Å². The van der Waals surface area contributed by atoms with Crippen LogP contribution in [0.1, 0.15) is 0 Å². The number of benzene rings is 2. The van der Waals surface area contributed by atoms with Crippen LogP contribution >= 0.6 is 23.2 Å². The van der Waals surface area contributed by atoms with E-state index in [-0.39, 0.29) is 20.6 Å². The zero-order valence-electron chi connectivity index (χ0n) is 12.4. The summed E-state index contributed by atoms with van der Waals surface area (Å²) in [5, 5.41) is 0.357. The molecule has 0 fully saturated rings. The van der Waals surface area contributed by atoms with E-state index in [0.717, 1.165) is 35.7 Å². The Hall–Kier alpha value is -1.83. The Morgan fingerprint density at radius 3 is 2.29 bits per heavy atom. The predicted octanol–water partition coefficient (Wildman–Crippen LogP) is 3.50. The van der Waals surface area contributed by atoms with Crippen molar-refractivity contribution < 1.29 is 22.3 Å². The van der Waals surface area contributed by atoms with Crippen molar-refractivity contribution in [1.29, 1.82) is 0 Å². The van der Waals surface area contributed by atoms with Gasteiger partial charge in [-0.15, -0.1) is 0 Å². The molecule has 0 unspecified atom stereocenters. The number of hydrogen-bond acceptors (Lipinski definition) is 4. The van der Waals surface area contributed by atoms with Gasteiger partial charge in [0.15, 0.2) is 0 Å². The summed E-state index contributed by atoms with van der Waals surface area (Å²) in [7, 11) is -3.00. The predicted molar refractivity (Wildman–Crippen MR) is 89.4 cm³/mol. The van der Waals surface area contributed by atoms with Crippen molar-refractivity contribution in [1.82, 2.24) is 0 Å². The van der Waals surface area contributed by atoms with Gasteiger partial charge in [0.05, 0.1) is 27.7 Å². The zero-order chi connectivity index (χ0) is 17.9. The molecule has 0 aliphatic carbocycles. The molecule has 0 atom stereocenters. The van der Waals surface area contributed by atoms with E-state index < -0.39 is 28.4 Å². The molecule has 0 aromatic heterocycles. The van der Waals surface area contributed by atoms with Crippen LogP contribution in [0.2, 0.25) is 10.0 Å². The fraction of sp³-hybridized carbons (Fsp3) is 0.133. The van der Waals surface area contributed by atoms with Gasteiger partial charge in [0.2, 0.25) is 0 Å². The molecule has 128 valence electrons. The maximum Gasteiger partial charge on any atom is 0.326 e. The van der Waals surface area contributed by atoms with E-state index >= 15 is 0 Å². The third-order valence-electron chi connectivity index (χ3n) is 3.09. The fourth-order valence-corrected chi connectivity index (χ4v) is 3.56. The smallest absolute Gasteiger partial charge is 0.326 e. The average Bonchev–Trinajstić information content (AvgIpc) is 2.55. The third-order valence-corrected chi connectivity index (χ3v) is 5.62. The summed E-state index contributed by atoms with van der Waals surface area (Å²) in [5.41, 5.74) is 0.124. The quantitative estimate of drug-likeness (QED) is 0.731. The minimum atomic E-state index is -4.14. The number of anilines is 1. The number of rotatable bonds is 5. The molecule has 0 radical (unpaired) electrons. The lowest BCUT2D eigenvalue weighted by atomic mass is 10.3. The van der Waals surface area contributed by atoms with Crippen molar-refractivity contribution in [2.75, 3.05) is 18.0 Å². The third kappa shape index (κ3) is 3.98. The Balaban J connectivity index is 2.54. The van der Waals surface area contributed by atoms with Gasteiger partial charge in [-0.1, -0.05) is 23.2 Å². The second-order valence-corrected chi connectivity index (χ2v) is 7.32. The first kappa shape index (κ1) is 18.5. The minimum absolute atomic E-state index is 0.123. The van der Waals surface area contributed by atoms with Gasteiger partial charge in [0.25, 0.3) is 10.0 Å². The Bertz CT molecular complexity index is 856. The number of esters is 1. The molecule has 24 heavy (non-hydrogen) atoms. The van der Waals surface area contributed by atoms with Crippen LogP contribution in [0.4, 0.5) is 10.1 Å². The van der Waals surface area contributed by atoms with E-state index in [0.29, 0.717) is 0 Å². The highest BCUT2D eigenvalue weighted by molar-refractivity contribution is 7.92. The SMILES string of the molecule is COC(=O)CN(c1ccc(Cl)c(Cl)c1)S(=O)(=O)c1ccc(F)cc1. The number of carbonyl (C=O) groups is 1. The normalized spacial score (nSPS) is 11.2. The number of ether oxygens (including phenoxy) is 1. The summed E-state index contributed by atoms with van der Waals surface area (Å²) in [6, 6.07) is 8.35. The summed E-state index contributed by atoms with van der Waals surface area (Å²) in [4.78, 5) is 11.5. The highest BCUT2D eigenvalue weighted by Gasteiger charge is 2.28. The summed E-state index contributed by atoms with van der Waals surface area (Å²) in [6.07, 6.45) is 0. The van der Waals surface area contributed by atoms with E-state index in [1.165, 1.54) is 18.2 Å². The van der Waals surface area contributed by atoms with Crippen LogP contribution in [0.3, 0.4) is 0 Å². The Morgan fingerprint density at radius 2 is 1.75 bits per heavy atom. The molecule has 0 aliphatic rings. The first-order valence-electron chi connectivity index (χ1n) is 6.56. The van der Waals surface area contributed by atoms with Crippen LogP contribution in [0, 0.1) is 5.82 Å². The molecule has 9 heteroatoms. The summed E-state index contributed by atoms with van der Waals surface area (Å²) in [5.74, 6) is -1.35. The van der Waals surface area contributed by atoms with Crippen molar-refractivity contribution in [3.8, 4) is 0 Å². The van der Waals surface area contributed by atoms with Crippen LogP contribution in [0.25, 0.3) is 0 Å². The maximum atomic E-state index is 13.0. The first-order chi connectivity index (χ1) is 11.3. The van der Waals surface area contributed by atoms with E-state index in [1.807, 2.05) is 0 Å². The van der Waals surface area contributed by atoms with Gasteiger partial charge in [-0.2, -0.15) is 0 Å². The van der Waals surface area contributed by atoms with E-state index in [2.05, 4.69) is 4.74 Å². The molecule has 0 saturated carbocycles. The molecule has 2 aromatic rings. The van der Waals surface area contributed by atoms with Crippen molar-refractivity contribution in [2.24, 2.45) is 0 Å². The number of sulfonamides is 1. The molecule has 0 spiro atoms. The van der Waals surface area contributed by atoms with Crippen molar-refractivity contribution in [3.05, 3.63) is 58.3 Å². The molecule has 0 amide bonds. The molecule has 0 saturated heterocycles. The highest BCUT2D eigenvalue weighted by atomic mass is 35.5.